The van der Waals surface area contributed by atoms with Gasteiger partial charge in [-0.1, -0.05) is 6.92 Å². The number of nitrogens with one attached hydrogen (secondary N) is 1. The van der Waals surface area contributed by atoms with E-state index in [-0.39, 0.29) is 23.4 Å². The lowest BCUT2D eigenvalue weighted by molar-refractivity contribution is -0.385. The molecule has 1 aromatic rings. The lowest BCUT2D eigenvalue weighted by Crippen LogP contribution is -2.12. The summed E-state index contributed by atoms with van der Waals surface area (Å²) in [5.41, 5.74) is -0.159. The lowest BCUT2D eigenvalue weighted by Gasteiger charge is -2.10. The maximum Gasteiger partial charge on any atom is 0.372 e. The Balaban J connectivity index is 2.41. The molecule has 7 nitrogen and oxygen atoms in total. The molecule has 19 heavy (non-hydrogen) atoms. The number of rotatable bonds is 7. The minimum absolute atomic E-state index is 0.0640. The topological polar surface area (TPSA) is 90.2 Å². The standard InChI is InChI=1S/C12H18N4O3/c1-3-5-9-14-11(13-8-6-7-8)10(16(17)18)12(15-9)19-4-2/h8H,3-7H2,1-2H3,(H,13,14,15). The molecule has 1 fully saturated rings. The highest BCUT2D eigenvalue weighted by Crippen LogP contribution is 2.35. The van der Waals surface area contributed by atoms with Crippen LogP contribution in [0.4, 0.5) is 11.5 Å². The minimum Gasteiger partial charge on any atom is -0.473 e. The van der Waals surface area contributed by atoms with Crippen molar-refractivity contribution in [2.45, 2.75) is 45.6 Å². The van der Waals surface area contributed by atoms with Gasteiger partial charge in [0, 0.05) is 12.5 Å². The summed E-state index contributed by atoms with van der Waals surface area (Å²) in [6, 6.07) is 0.289. The predicted octanol–water partition coefficient (Wildman–Crippen LogP) is 2.31. The van der Waals surface area contributed by atoms with Gasteiger partial charge < -0.3 is 10.1 Å². The summed E-state index contributed by atoms with van der Waals surface area (Å²) in [5, 5.41) is 14.3. The zero-order valence-electron chi connectivity index (χ0n) is 11.2. The van der Waals surface area contributed by atoms with Crippen molar-refractivity contribution in [3.05, 3.63) is 15.9 Å². The molecule has 0 saturated heterocycles. The maximum atomic E-state index is 11.2. The third-order valence-electron chi connectivity index (χ3n) is 2.75. The van der Waals surface area contributed by atoms with Crippen molar-refractivity contribution in [3.8, 4) is 5.88 Å². The monoisotopic (exact) mass is 266 g/mol. The molecule has 0 atom stereocenters. The van der Waals surface area contributed by atoms with E-state index in [9.17, 15) is 10.1 Å². The third-order valence-corrected chi connectivity index (χ3v) is 2.75. The molecular formula is C12H18N4O3. The van der Waals surface area contributed by atoms with Crippen molar-refractivity contribution in [3.63, 3.8) is 0 Å². The van der Waals surface area contributed by atoms with Crippen molar-refractivity contribution in [2.75, 3.05) is 11.9 Å². The summed E-state index contributed by atoms with van der Waals surface area (Å²) >= 11 is 0. The Labute approximate surface area is 111 Å². The van der Waals surface area contributed by atoms with Gasteiger partial charge in [-0.05, 0) is 26.2 Å². The second kappa shape index (κ2) is 5.81. The number of anilines is 1. The summed E-state index contributed by atoms with van der Waals surface area (Å²) < 4.78 is 5.30. The van der Waals surface area contributed by atoms with Gasteiger partial charge in [0.2, 0.25) is 5.82 Å². The molecule has 1 heterocycles. The van der Waals surface area contributed by atoms with Crippen LogP contribution in [0.3, 0.4) is 0 Å². The zero-order chi connectivity index (χ0) is 13.8. The van der Waals surface area contributed by atoms with Crippen LogP contribution in [-0.4, -0.2) is 27.5 Å². The minimum atomic E-state index is -0.481. The summed E-state index contributed by atoms with van der Waals surface area (Å²) in [6.45, 7) is 4.13. The van der Waals surface area contributed by atoms with Gasteiger partial charge >= 0.3 is 5.69 Å². The molecule has 1 aliphatic rings. The van der Waals surface area contributed by atoms with Gasteiger partial charge in [-0.15, -0.1) is 0 Å². The van der Waals surface area contributed by atoms with Crippen molar-refractivity contribution < 1.29 is 9.66 Å². The number of nitrogens with zero attached hydrogens (tertiary/aromatic N) is 3. The average molecular weight is 266 g/mol. The molecule has 104 valence electrons. The number of hydrogen-bond donors (Lipinski definition) is 1. The fourth-order valence-corrected chi connectivity index (χ4v) is 1.74. The van der Waals surface area contributed by atoms with E-state index in [2.05, 4.69) is 15.3 Å². The largest absolute Gasteiger partial charge is 0.473 e. The molecule has 1 aliphatic carbocycles. The van der Waals surface area contributed by atoms with Crippen LogP contribution in [0.1, 0.15) is 38.9 Å². The van der Waals surface area contributed by atoms with Crippen LogP contribution >= 0.6 is 0 Å². The predicted molar refractivity (Wildman–Crippen MR) is 70.5 cm³/mol. The van der Waals surface area contributed by atoms with Crippen LogP contribution in [0, 0.1) is 10.1 Å². The van der Waals surface area contributed by atoms with E-state index in [1.807, 2.05) is 6.92 Å². The fourth-order valence-electron chi connectivity index (χ4n) is 1.74. The van der Waals surface area contributed by atoms with Gasteiger partial charge in [-0.2, -0.15) is 4.98 Å². The van der Waals surface area contributed by atoms with Crippen LogP contribution in [0.15, 0.2) is 0 Å². The number of hydrogen-bond acceptors (Lipinski definition) is 6. The Morgan fingerprint density at radius 2 is 2.16 bits per heavy atom. The van der Waals surface area contributed by atoms with Crippen LogP contribution in [0.25, 0.3) is 0 Å². The molecule has 0 radical (unpaired) electrons. The molecular weight excluding hydrogens is 248 g/mol. The fraction of sp³-hybridized carbons (Fsp3) is 0.667. The summed E-state index contributed by atoms with van der Waals surface area (Å²) in [6.07, 6.45) is 3.60. The molecule has 0 aliphatic heterocycles. The zero-order valence-corrected chi connectivity index (χ0v) is 11.2. The Morgan fingerprint density at radius 3 is 2.68 bits per heavy atom. The van der Waals surface area contributed by atoms with Gasteiger partial charge in [0.1, 0.15) is 5.82 Å². The Hall–Kier alpha value is -1.92. The summed E-state index contributed by atoms with van der Waals surface area (Å²) in [4.78, 5) is 19.1. The Kier molecular flexibility index (Phi) is 4.13. The normalized spacial score (nSPS) is 14.2. The van der Waals surface area contributed by atoms with Crippen LogP contribution in [0.5, 0.6) is 5.88 Å². The maximum absolute atomic E-state index is 11.2. The van der Waals surface area contributed by atoms with Crippen molar-refractivity contribution in [2.24, 2.45) is 0 Å². The average Bonchev–Trinajstić information content (AvgIpc) is 3.13. The van der Waals surface area contributed by atoms with Gasteiger partial charge in [0.25, 0.3) is 5.88 Å². The van der Waals surface area contributed by atoms with Gasteiger partial charge in [-0.25, -0.2) is 4.98 Å². The van der Waals surface area contributed by atoms with Gasteiger partial charge in [0.05, 0.1) is 11.5 Å². The van der Waals surface area contributed by atoms with E-state index in [0.29, 0.717) is 18.9 Å². The molecule has 0 unspecified atom stereocenters. The second-order valence-corrected chi connectivity index (χ2v) is 4.50. The van der Waals surface area contributed by atoms with Crippen LogP contribution in [0.2, 0.25) is 0 Å². The van der Waals surface area contributed by atoms with Crippen molar-refractivity contribution in [1.82, 2.24) is 9.97 Å². The number of aryl methyl sites for hydroxylation is 1. The summed E-state index contributed by atoms with van der Waals surface area (Å²) in [5.74, 6) is 0.934. The van der Waals surface area contributed by atoms with E-state index < -0.39 is 4.92 Å². The number of nitro groups is 1. The molecule has 2 rings (SSSR count). The first-order valence-corrected chi connectivity index (χ1v) is 6.60. The Morgan fingerprint density at radius 1 is 1.42 bits per heavy atom. The smallest absolute Gasteiger partial charge is 0.372 e. The molecule has 0 bridgehead atoms. The molecule has 1 aromatic heterocycles. The van der Waals surface area contributed by atoms with E-state index >= 15 is 0 Å². The first-order valence-electron chi connectivity index (χ1n) is 6.60. The molecule has 7 heteroatoms. The second-order valence-electron chi connectivity index (χ2n) is 4.50. The molecule has 0 spiro atoms. The SMILES string of the molecule is CCCc1nc(NC2CC2)c([N+](=O)[O-])c(OCC)n1. The van der Waals surface area contributed by atoms with E-state index in [0.717, 1.165) is 19.3 Å². The van der Waals surface area contributed by atoms with Crippen LogP contribution in [-0.2, 0) is 6.42 Å². The van der Waals surface area contributed by atoms with E-state index in [1.165, 1.54) is 0 Å². The van der Waals surface area contributed by atoms with Crippen molar-refractivity contribution >= 4 is 11.5 Å². The van der Waals surface area contributed by atoms with Gasteiger partial charge in [0.15, 0.2) is 0 Å². The summed E-state index contributed by atoms with van der Waals surface area (Å²) in [7, 11) is 0. The highest BCUT2D eigenvalue weighted by Gasteiger charge is 2.30. The Bertz CT molecular complexity index is 474. The number of ether oxygens (including phenoxy) is 1. The van der Waals surface area contributed by atoms with E-state index in [4.69, 9.17) is 4.74 Å². The molecule has 0 aromatic carbocycles. The van der Waals surface area contributed by atoms with E-state index in [1.54, 1.807) is 6.92 Å². The molecule has 1 N–H and O–H groups in total. The highest BCUT2D eigenvalue weighted by molar-refractivity contribution is 5.62. The molecule has 1 saturated carbocycles. The lowest BCUT2D eigenvalue weighted by atomic mass is 10.3. The first kappa shape index (κ1) is 13.5. The van der Waals surface area contributed by atoms with Crippen molar-refractivity contribution in [1.29, 1.82) is 0 Å². The highest BCUT2D eigenvalue weighted by atomic mass is 16.6. The molecule has 0 amide bonds. The van der Waals surface area contributed by atoms with Crippen LogP contribution < -0.4 is 10.1 Å². The van der Waals surface area contributed by atoms with Gasteiger partial charge in [-0.3, -0.25) is 10.1 Å². The quantitative estimate of drug-likeness (QED) is 0.601. The first-order chi connectivity index (χ1) is 9.15. The number of aromatic nitrogens is 2. The third kappa shape index (κ3) is 3.30.